The van der Waals surface area contributed by atoms with E-state index in [1.54, 1.807) is 0 Å². The van der Waals surface area contributed by atoms with Crippen LogP contribution in [0.5, 0.6) is 0 Å². The molecule has 0 heterocycles. The standard InChI is InChI=1S/C31H46S2/c1-27(2,3)21-15-22(28(4,5)6)18-25(17-21)32-31(13,14)33-26-19-23(29(7,8)9)16-24(20-26)30(10,11)12/h17-20H,1-14H3. The van der Waals surface area contributed by atoms with E-state index < -0.39 is 0 Å². The summed E-state index contributed by atoms with van der Waals surface area (Å²) in [6.07, 6.45) is 0. The zero-order valence-corrected chi connectivity index (χ0v) is 25.3. The molecule has 0 aromatic heterocycles. The lowest BCUT2D eigenvalue weighted by atomic mass is 9.81. The predicted molar refractivity (Wildman–Crippen MR) is 151 cm³/mol. The molecule has 0 saturated heterocycles. The lowest BCUT2D eigenvalue weighted by molar-refractivity contribution is 0.563. The second kappa shape index (κ2) is 9.30. The van der Waals surface area contributed by atoms with E-state index in [1.165, 1.54) is 32.0 Å². The maximum atomic E-state index is 3.72. The number of rotatable bonds is 4. The largest absolute Gasteiger partial charge is 0.109 e. The molecule has 2 rings (SSSR count). The lowest BCUT2D eigenvalue weighted by Crippen LogP contribution is -2.18. The van der Waals surface area contributed by atoms with Crippen molar-refractivity contribution in [3.8, 4) is 0 Å². The first-order valence-corrected chi connectivity index (χ1v) is 13.8. The summed E-state index contributed by atoms with van der Waals surface area (Å²) in [6.45, 7) is 32.0. The molecule has 0 fully saturated rings. The van der Waals surface area contributed by atoms with Gasteiger partial charge in [-0.15, -0.1) is 23.5 Å². The molecule has 0 atom stereocenters. The minimum Gasteiger partial charge on any atom is -0.109 e. The van der Waals surface area contributed by atoms with Crippen molar-refractivity contribution in [2.45, 2.75) is 132 Å². The van der Waals surface area contributed by atoms with Gasteiger partial charge in [0.15, 0.2) is 0 Å². The first-order chi connectivity index (χ1) is 14.6. The molecular weight excluding hydrogens is 436 g/mol. The Bertz CT molecular complexity index is 824. The number of hydrogen-bond donors (Lipinski definition) is 0. The Morgan fingerprint density at radius 3 is 0.818 bits per heavy atom. The second-order valence-electron chi connectivity index (χ2n) is 13.9. The molecule has 0 unspecified atom stereocenters. The van der Waals surface area contributed by atoms with Gasteiger partial charge in [0, 0.05) is 9.79 Å². The van der Waals surface area contributed by atoms with E-state index in [2.05, 4.69) is 133 Å². The number of hydrogen-bond acceptors (Lipinski definition) is 2. The Kier molecular flexibility index (Phi) is 8.00. The molecule has 33 heavy (non-hydrogen) atoms. The first-order valence-electron chi connectivity index (χ1n) is 12.1. The quantitative estimate of drug-likeness (QED) is 0.314. The van der Waals surface area contributed by atoms with Crippen molar-refractivity contribution >= 4 is 23.5 Å². The summed E-state index contributed by atoms with van der Waals surface area (Å²) in [5.74, 6) is 0. The third-order valence-corrected chi connectivity index (χ3v) is 8.07. The molecule has 0 aliphatic rings. The van der Waals surface area contributed by atoms with E-state index in [9.17, 15) is 0 Å². The van der Waals surface area contributed by atoms with Crippen LogP contribution >= 0.6 is 23.5 Å². The van der Waals surface area contributed by atoms with Crippen molar-refractivity contribution in [2.75, 3.05) is 0 Å². The normalized spacial score (nSPS) is 14.0. The van der Waals surface area contributed by atoms with Gasteiger partial charge >= 0.3 is 0 Å². The van der Waals surface area contributed by atoms with Gasteiger partial charge in [-0.2, -0.15) is 0 Å². The molecule has 0 nitrogen and oxygen atoms in total. The maximum absolute atomic E-state index is 3.72. The third-order valence-electron chi connectivity index (χ3n) is 5.64. The number of benzene rings is 2. The van der Waals surface area contributed by atoms with E-state index in [1.807, 2.05) is 23.5 Å². The van der Waals surface area contributed by atoms with Crippen LogP contribution in [0.25, 0.3) is 0 Å². The molecule has 0 amide bonds. The average Bonchev–Trinajstić information content (AvgIpc) is 2.57. The van der Waals surface area contributed by atoms with Crippen LogP contribution in [-0.4, -0.2) is 4.08 Å². The molecule has 0 N–H and O–H groups in total. The summed E-state index contributed by atoms with van der Waals surface area (Å²) in [6, 6.07) is 16.8. The molecule has 0 aliphatic carbocycles. The van der Waals surface area contributed by atoms with Crippen LogP contribution in [0.15, 0.2) is 34.1 Å². The van der Waals surface area contributed by atoms with Crippen LogP contribution in [0.2, 0.25) is 0 Å². The van der Waals surface area contributed by atoms with Gasteiger partial charge in [-0.25, -0.2) is 0 Å². The summed E-state index contributed by atoms with van der Waals surface area (Å²) in [4.78, 5) is 2.66. The summed E-state index contributed by atoms with van der Waals surface area (Å²) >= 11 is 3.92. The molecule has 2 radical (unpaired) electrons. The van der Waals surface area contributed by atoms with Gasteiger partial charge in [-0.3, -0.25) is 0 Å². The molecule has 2 aromatic rings. The zero-order chi connectivity index (χ0) is 25.6. The van der Waals surface area contributed by atoms with Crippen molar-refractivity contribution in [3.63, 3.8) is 0 Å². The summed E-state index contributed by atoms with van der Waals surface area (Å²) < 4.78 is -0.0165. The highest BCUT2D eigenvalue weighted by Gasteiger charge is 2.27. The van der Waals surface area contributed by atoms with Crippen LogP contribution in [0.1, 0.15) is 119 Å². The van der Waals surface area contributed by atoms with Crippen molar-refractivity contribution in [3.05, 3.63) is 58.7 Å². The Hall–Kier alpha value is -0.860. The van der Waals surface area contributed by atoms with Crippen molar-refractivity contribution in [1.82, 2.24) is 0 Å². The van der Waals surface area contributed by atoms with Crippen LogP contribution in [0, 0.1) is 12.1 Å². The van der Waals surface area contributed by atoms with Gasteiger partial charge in [0.2, 0.25) is 0 Å². The van der Waals surface area contributed by atoms with E-state index in [-0.39, 0.29) is 25.7 Å². The summed E-state index contributed by atoms with van der Waals surface area (Å²) in [5.41, 5.74) is 5.46. The highest BCUT2D eigenvalue weighted by molar-refractivity contribution is 8.18. The number of thioether (sulfide) groups is 2. The Balaban J connectivity index is 2.47. The van der Waals surface area contributed by atoms with Crippen molar-refractivity contribution in [2.24, 2.45) is 0 Å². The van der Waals surface area contributed by atoms with Gasteiger partial charge in [0.25, 0.3) is 0 Å². The average molecular weight is 483 g/mol. The van der Waals surface area contributed by atoms with Crippen LogP contribution < -0.4 is 0 Å². The molecule has 0 saturated carbocycles. The Morgan fingerprint density at radius 1 is 0.424 bits per heavy atom. The zero-order valence-electron chi connectivity index (χ0n) is 23.6. The fourth-order valence-corrected chi connectivity index (χ4v) is 6.00. The second-order valence-corrected chi connectivity index (χ2v) is 17.5. The smallest absolute Gasteiger partial charge is 0.0649 e. The molecule has 2 aromatic carbocycles. The lowest BCUT2D eigenvalue weighted by Gasteiger charge is -2.30. The Labute approximate surface area is 214 Å². The molecular formula is C31H46S2. The Morgan fingerprint density at radius 2 is 0.636 bits per heavy atom. The maximum Gasteiger partial charge on any atom is 0.0649 e. The van der Waals surface area contributed by atoms with E-state index >= 15 is 0 Å². The first kappa shape index (κ1) is 28.4. The molecule has 2 heteroatoms. The predicted octanol–water partition coefficient (Wildman–Crippen LogP) is 10.1. The molecule has 182 valence electrons. The van der Waals surface area contributed by atoms with E-state index in [4.69, 9.17) is 0 Å². The SMILES string of the molecule is CC(C)(Sc1cc(C(C)(C)C)[c]c(C(C)(C)C)c1)Sc1cc(C(C)(C)C)[c]c(C(C)(C)C)c1. The molecule has 0 bridgehead atoms. The third kappa shape index (κ3) is 8.10. The summed E-state index contributed by atoms with van der Waals surface area (Å²) in [7, 11) is 0. The van der Waals surface area contributed by atoms with Gasteiger partial charge in [0.05, 0.1) is 4.08 Å². The highest BCUT2D eigenvalue weighted by Crippen LogP contribution is 2.47. The van der Waals surface area contributed by atoms with Gasteiger partial charge in [-0.05, 0) is 94.2 Å². The van der Waals surface area contributed by atoms with Gasteiger partial charge in [-0.1, -0.05) is 83.1 Å². The fourth-order valence-electron chi connectivity index (χ4n) is 3.41. The van der Waals surface area contributed by atoms with Gasteiger partial charge in [0.1, 0.15) is 0 Å². The monoisotopic (exact) mass is 482 g/mol. The fraction of sp³-hybridized carbons (Fsp3) is 0.613. The minimum absolute atomic E-state index is 0.0165. The molecule has 0 aliphatic heterocycles. The summed E-state index contributed by atoms with van der Waals surface area (Å²) in [5, 5.41) is 0. The van der Waals surface area contributed by atoms with Crippen LogP contribution in [0.3, 0.4) is 0 Å². The highest BCUT2D eigenvalue weighted by atomic mass is 32.2. The van der Waals surface area contributed by atoms with Crippen LogP contribution in [0.4, 0.5) is 0 Å². The van der Waals surface area contributed by atoms with Crippen LogP contribution in [-0.2, 0) is 21.7 Å². The van der Waals surface area contributed by atoms with E-state index in [0.717, 1.165) is 0 Å². The van der Waals surface area contributed by atoms with Crippen molar-refractivity contribution < 1.29 is 0 Å². The minimum atomic E-state index is -0.0165. The van der Waals surface area contributed by atoms with Gasteiger partial charge < -0.3 is 0 Å². The molecule has 0 spiro atoms. The van der Waals surface area contributed by atoms with Crippen molar-refractivity contribution in [1.29, 1.82) is 0 Å². The topological polar surface area (TPSA) is 0 Å². The van der Waals surface area contributed by atoms with E-state index in [0.29, 0.717) is 0 Å².